The van der Waals surface area contributed by atoms with E-state index < -0.39 is 0 Å². The van der Waals surface area contributed by atoms with E-state index in [4.69, 9.17) is 9.72 Å². The van der Waals surface area contributed by atoms with E-state index in [2.05, 4.69) is 10.2 Å². The van der Waals surface area contributed by atoms with E-state index in [1.807, 2.05) is 5.38 Å². The van der Waals surface area contributed by atoms with Crippen molar-refractivity contribution in [3.05, 3.63) is 40.5 Å². The Morgan fingerprint density at radius 3 is 2.81 bits per heavy atom. The van der Waals surface area contributed by atoms with Crippen LogP contribution < -0.4 is 5.32 Å². The summed E-state index contributed by atoms with van der Waals surface area (Å²) in [5.74, 6) is -0.149. The summed E-state index contributed by atoms with van der Waals surface area (Å²) in [4.78, 5) is 18.6. The molecule has 3 heterocycles. The number of aromatic nitrogens is 1. The fourth-order valence-electron chi connectivity index (χ4n) is 3.53. The van der Waals surface area contributed by atoms with Gasteiger partial charge in [0.25, 0.3) is 0 Å². The molecule has 0 atom stereocenters. The molecule has 5 nitrogen and oxygen atoms in total. The van der Waals surface area contributed by atoms with Crippen molar-refractivity contribution in [1.29, 1.82) is 0 Å². The Balaban J connectivity index is 1.35. The van der Waals surface area contributed by atoms with E-state index in [1.165, 1.54) is 12.1 Å². The van der Waals surface area contributed by atoms with Crippen molar-refractivity contribution in [3.8, 4) is 11.3 Å². The molecular weight excluding hydrogens is 353 g/mol. The van der Waals surface area contributed by atoms with Crippen LogP contribution in [0.3, 0.4) is 0 Å². The Hall–Kier alpha value is -1.83. The summed E-state index contributed by atoms with van der Waals surface area (Å²) in [6.45, 7) is 3.81. The van der Waals surface area contributed by atoms with Gasteiger partial charge in [-0.05, 0) is 37.1 Å². The third kappa shape index (κ3) is 3.95. The Labute approximate surface area is 156 Å². The molecule has 1 N–H and O–H groups in total. The summed E-state index contributed by atoms with van der Waals surface area (Å²) in [5.41, 5.74) is 1.63. The number of carbonyl (C=O) groups excluding carboxylic acids is 1. The molecule has 2 saturated heterocycles. The molecule has 7 heteroatoms. The summed E-state index contributed by atoms with van der Waals surface area (Å²) < 4.78 is 19.1. The van der Waals surface area contributed by atoms with Crippen LogP contribution in [0.4, 0.5) is 4.39 Å². The van der Waals surface area contributed by atoms with Gasteiger partial charge in [-0.1, -0.05) is 0 Å². The molecule has 1 amide bonds. The van der Waals surface area contributed by atoms with Gasteiger partial charge in [-0.3, -0.25) is 9.69 Å². The van der Waals surface area contributed by atoms with Crippen molar-refractivity contribution in [2.24, 2.45) is 0 Å². The predicted octanol–water partition coefficient (Wildman–Crippen LogP) is 2.82. The molecule has 0 unspecified atom stereocenters. The highest BCUT2D eigenvalue weighted by Gasteiger charge is 2.37. The molecule has 4 rings (SSSR count). The van der Waals surface area contributed by atoms with Gasteiger partial charge in [0.05, 0.1) is 24.4 Å². The van der Waals surface area contributed by atoms with Crippen molar-refractivity contribution in [1.82, 2.24) is 15.2 Å². The largest absolute Gasteiger partial charge is 0.373 e. The quantitative estimate of drug-likeness (QED) is 0.896. The highest BCUT2D eigenvalue weighted by Crippen LogP contribution is 2.29. The maximum Gasteiger partial charge on any atom is 0.222 e. The lowest BCUT2D eigenvalue weighted by Gasteiger charge is -2.40. The summed E-state index contributed by atoms with van der Waals surface area (Å²) in [7, 11) is 0. The SMILES string of the molecule is O=C1CCOC2(CCN(Cc3nc(-c4ccc(F)cc4)cs3)CC2)CN1. The zero-order valence-corrected chi connectivity index (χ0v) is 15.4. The van der Waals surface area contributed by atoms with Crippen LogP contribution in [0.1, 0.15) is 24.3 Å². The van der Waals surface area contributed by atoms with Crippen LogP contribution in [-0.4, -0.2) is 47.6 Å². The second-order valence-corrected chi connectivity index (χ2v) is 7.91. The van der Waals surface area contributed by atoms with Gasteiger partial charge in [0.15, 0.2) is 0 Å². The smallest absolute Gasteiger partial charge is 0.222 e. The summed E-state index contributed by atoms with van der Waals surface area (Å²) in [6, 6.07) is 6.45. The first-order valence-electron chi connectivity index (χ1n) is 8.95. The highest BCUT2D eigenvalue weighted by molar-refractivity contribution is 7.09. The number of halogens is 1. The molecular formula is C19H22FN3O2S. The van der Waals surface area contributed by atoms with Gasteiger partial charge in [0.2, 0.25) is 5.91 Å². The topological polar surface area (TPSA) is 54.5 Å². The molecule has 138 valence electrons. The number of likely N-dealkylation sites (tertiary alicyclic amines) is 1. The molecule has 26 heavy (non-hydrogen) atoms. The third-order valence-corrected chi connectivity index (χ3v) is 6.00. The zero-order chi connectivity index (χ0) is 18.0. The number of amides is 1. The molecule has 2 aromatic rings. The lowest BCUT2D eigenvalue weighted by Crippen LogP contribution is -2.50. The van der Waals surface area contributed by atoms with Crippen molar-refractivity contribution >= 4 is 17.2 Å². The average molecular weight is 375 g/mol. The van der Waals surface area contributed by atoms with Gasteiger partial charge in [0.1, 0.15) is 10.8 Å². The van der Waals surface area contributed by atoms with E-state index >= 15 is 0 Å². The van der Waals surface area contributed by atoms with E-state index in [-0.39, 0.29) is 17.3 Å². The van der Waals surface area contributed by atoms with Gasteiger partial charge in [-0.2, -0.15) is 0 Å². The minimum atomic E-state index is -0.233. The minimum absolute atomic E-state index is 0.0837. The Kier molecular flexibility index (Phi) is 5.02. The third-order valence-electron chi connectivity index (χ3n) is 5.16. The first-order valence-corrected chi connectivity index (χ1v) is 9.83. The minimum Gasteiger partial charge on any atom is -0.373 e. The number of piperidine rings is 1. The number of carbonyl (C=O) groups is 1. The van der Waals surface area contributed by atoms with Crippen molar-refractivity contribution < 1.29 is 13.9 Å². The number of thiazole rings is 1. The Morgan fingerprint density at radius 2 is 2.04 bits per heavy atom. The number of hydrogen-bond donors (Lipinski definition) is 1. The predicted molar refractivity (Wildman–Crippen MR) is 98.3 cm³/mol. The molecule has 2 aliphatic heterocycles. The fourth-order valence-corrected chi connectivity index (χ4v) is 4.37. The lowest BCUT2D eigenvalue weighted by molar-refractivity contribution is -0.120. The van der Waals surface area contributed by atoms with Gasteiger partial charge in [0, 0.05) is 37.0 Å². The number of ether oxygens (including phenoxy) is 1. The Bertz CT molecular complexity index is 769. The van der Waals surface area contributed by atoms with Crippen LogP contribution in [0.2, 0.25) is 0 Å². The van der Waals surface area contributed by atoms with Crippen LogP contribution in [0.25, 0.3) is 11.3 Å². The second-order valence-electron chi connectivity index (χ2n) is 6.97. The molecule has 0 bridgehead atoms. The Morgan fingerprint density at radius 1 is 1.27 bits per heavy atom. The van der Waals surface area contributed by atoms with Crippen LogP contribution in [0, 0.1) is 5.82 Å². The summed E-state index contributed by atoms with van der Waals surface area (Å²) >= 11 is 1.64. The number of nitrogens with zero attached hydrogens (tertiary/aromatic N) is 2. The van der Waals surface area contributed by atoms with Crippen molar-refractivity contribution in [2.75, 3.05) is 26.2 Å². The summed E-state index contributed by atoms with van der Waals surface area (Å²) in [6.07, 6.45) is 2.30. The molecule has 1 aromatic heterocycles. The van der Waals surface area contributed by atoms with Crippen LogP contribution in [0.15, 0.2) is 29.6 Å². The average Bonchev–Trinajstić information content (AvgIpc) is 3.03. The van der Waals surface area contributed by atoms with Gasteiger partial charge < -0.3 is 10.1 Å². The maximum absolute atomic E-state index is 13.1. The lowest BCUT2D eigenvalue weighted by atomic mass is 9.91. The molecule has 1 aromatic carbocycles. The van der Waals surface area contributed by atoms with Crippen molar-refractivity contribution in [3.63, 3.8) is 0 Å². The highest BCUT2D eigenvalue weighted by atomic mass is 32.1. The molecule has 0 aliphatic carbocycles. The molecule has 1 spiro atoms. The normalized spacial score (nSPS) is 20.7. The first kappa shape index (κ1) is 17.6. The van der Waals surface area contributed by atoms with Crippen molar-refractivity contribution in [2.45, 2.75) is 31.4 Å². The number of nitrogens with one attached hydrogen (secondary N) is 1. The zero-order valence-electron chi connectivity index (χ0n) is 14.5. The molecule has 2 fully saturated rings. The van der Waals surface area contributed by atoms with E-state index in [1.54, 1.807) is 23.5 Å². The van der Waals surface area contributed by atoms with Crippen LogP contribution in [-0.2, 0) is 16.1 Å². The molecule has 0 saturated carbocycles. The van der Waals surface area contributed by atoms with E-state index in [0.29, 0.717) is 19.6 Å². The van der Waals surface area contributed by atoms with Gasteiger partial charge >= 0.3 is 0 Å². The van der Waals surface area contributed by atoms with Gasteiger partial charge in [-0.15, -0.1) is 11.3 Å². The standard InChI is InChI=1S/C19H22FN3O2S/c20-15-3-1-14(2-4-15)16-12-26-18(22-16)11-23-8-6-19(7-9-23)13-21-17(24)5-10-25-19/h1-4,12H,5-11,13H2,(H,21,24). The molecule has 0 radical (unpaired) electrons. The number of hydrogen-bond acceptors (Lipinski definition) is 5. The van der Waals surface area contributed by atoms with E-state index in [0.717, 1.165) is 48.7 Å². The summed E-state index contributed by atoms with van der Waals surface area (Å²) in [5, 5.41) is 6.07. The fraction of sp³-hybridized carbons (Fsp3) is 0.474. The second kappa shape index (κ2) is 7.42. The number of benzene rings is 1. The van der Waals surface area contributed by atoms with Crippen LogP contribution >= 0.6 is 11.3 Å². The monoisotopic (exact) mass is 375 g/mol. The first-order chi connectivity index (χ1) is 12.6. The molecule has 2 aliphatic rings. The van der Waals surface area contributed by atoms with E-state index in [9.17, 15) is 9.18 Å². The number of rotatable bonds is 3. The maximum atomic E-state index is 13.1. The van der Waals surface area contributed by atoms with Crippen LogP contribution in [0.5, 0.6) is 0 Å². The van der Waals surface area contributed by atoms with Gasteiger partial charge in [-0.25, -0.2) is 9.37 Å².